The van der Waals surface area contributed by atoms with Gasteiger partial charge in [-0.1, -0.05) is 40.7 Å². The normalized spacial score (nSPS) is 38.7. The number of hydrogen-bond acceptors (Lipinski definition) is 6. The molecule has 0 spiro atoms. The van der Waals surface area contributed by atoms with Gasteiger partial charge in [0.1, 0.15) is 6.29 Å². The molecule has 0 amide bonds. The first-order valence-corrected chi connectivity index (χ1v) is 13.2. The molecule has 0 saturated heterocycles. The number of allylic oxidation sites excluding steroid dienone is 1. The van der Waals surface area contributed by atoms with Crippen LogP contribution in [0.15, 0.2) is 11.8 Å². The Morgan fingerprint density at radius 2 is 1.85 bits per heavy atom. The lowest BCUT2D eigenvalue weighted by molar-refractivity contribution is -0.163. The Labute approximate surface area is 212 Å². The van der Waals surface area contributed by atoms with Crippen molar-refractivity contribution in [2.75, 3.05) is 12.9 Å². The molecule has 3 saturated carbocycles. The van der Waals surface area contributed by atoms with E-state index in [1.165, 1.54) is 11.1 Å². The molecule has 4 aliphatic rings. The third kappa shape index (κ3) is 5.04. The fraction of sp³-hybridized carbons (Fsp3) is 0.778. The standard InChI is InChI=1S/C21H30N2O2.C2H4O2.C2H6.CH4S.CH4/c1-19-9-12-11-22-23-16(12)8-13(19)4-5-14-15-6-7-21(3,25)20(15,2)10-17(24)18(14)19;3-1-2-4;2*1-2;/h8,11,14-15,17-18,24-25H,4-7,9-10H2,1-3H3,(H,22,23);1,4H,2H2;1-2H3;2H,1H3;1H4/t14?,15?,17?,18?,19?,20?,21-;;;;/m1..../s1. The SMILES string of the molecule is C.CC.CC12Cc3cn[nH]c3C=C1CCC1C2C(O)CC2(C)C1CC[C@@]2(C)O.CS.O=CCO. The molecule has 1 heterocycles. The average Bonchev–Trinajstić information content (AvgIpc) is 3.34. The number of rotatable bonds is 1. The number of carbonyl (C=O) groups excluding carboxylic acids is 1. The third-order valence-electron chi connectivity index (χ3n) is 8.94. The highest BCUT2D eigenvalue weighted by molar-refractivity contribution is 7.79. The number of hydrogen-bond donors (Lipinski definition) is 5. The summed E-state index contributed by atoms with van der Waals surface area (Å²) in [5.41, 5.74) is 3.15. The minimum atomic E-state index is -0.648. The molecule has 34 heavy (non-hydrogen) atoms. The van der Waals surface area contributed by atoms with E-state index in [-0.39, 0.29) is 31.0 Å². The minimum Gasteiger partial charge on any atom is -0.393 e. The van der Waals surface area contributed by atoms with E-state index in [1.807, 2.05) is 27.0 Å². The number of aldehydes is 1. The second-order valence-electron chi connectivity index (χ2n) is 10.3. The van der Waals surface area contributed by atoms with Crippen molar-refractivity contribution < 1.29 is 20.1 Å². The molecule has 7 heteroatoms. The van der Waals surface area contributed by atoms with Crippen molar-refractivity contribution in [3.05, 3.63) is 23.0 Å². The molecule has 0 aliphatic heterocycles. The lowest BCUT2D eigenvalue weighted by Gasteiger charge is -2.60. The fourth-order valence-electron chi connectivity index (χ4n) is 7.32. The van der Waals surface area contributed by atoms with Gasteiger partial charge in [-0.05, 0) is 86.5 Å². The van der Waals surface area contributed by atoms with Gasteiger partial charge in [0.05, 0.1) is 30.2 Å². The molecule has 7 atom stereocenters. The van der Waals surface area contributed by atoms with Crippen molar-refractivity contribution in [1.29, 1.82) is 0 Å². The summed E-state index contributed by atoms with van der Waals surface area (Å²) < 4.78 is 0. The van der Waals surface area contributed by atoms with Crippen LogP contribution in [0.1, 0.15) is 85.4 Å². The summed E-state index contributed by atoms with van der Waals surface area (Å²) in [7, 11) is 0. The van der Waals surface area contributed by atoms with E-state index in [9.17, 15) is 10.2 Å². The van der Waals surface area contributed by atoms with Crippen molar-refractivity contribution in [3.8, 4) is 0 Å². The molecule has 6 nitrogen and oxygen atoms in total. The second kappa shape index (κ2) is 12.2. The Balaban J connectivity index is 0.000000575. The van der Waals surface area contributed by atoms with Gasteiger partial charge in [0, 0.05) is 5.41 Å². The molecule has 3 fully saturated rings. The topological polar surface area (TPSA) is 106 Å². The molecular weight excluding hydrogens is 448 g/mol. The summed E-state index contributed by atoms with van der Waals surface area (Å²) in [5, 5.41) is 37.2. The first kappa shape index (κ1) is 30.9. The van der Waals surface area contributed by atoms with Gasteiger partial charge in [-0.25, -0.2) is 0 Å². The smallest absolute Gasteiger partial charge is 0.145 e. The van der Waals surface area contributed by atoms with Crippen LogP contribution in [0.5, 0.6) is 0 Å². The van der Waals surface area contributed by atoms with Crippen molar-refractivity contribution in [1.82, 2.24) is 10.2 Å². The van der Waals surface area contributed by atoms with Crippen LogP contribution in [0.4, 0.5) is 0 Å². The van der Waals surface area contributed by atoms with Crippen LogP contribution >= 0.6 is 12.6 Å². The number of nitrogens with zero attached hydrogens (tertiary/aromatic N) is 1. The lowest BCUT2D eigenvalue weighted by Crippen LogP contribution is -2.59. The van der Waals surface area contributed by atoms with Gasteiger partial charge in [0.2, 0.25) is 0 Å². The summed E-state index contributed by atoms with van der Waals surface area (Å²) in [5.74, 6) is 1.33. The van der Waals surface area contributed by atoms with Crippen LogP contribution in [0, 0.1) is 28.6 Å². The van der Waals surface area contributed by atoms with Crippen LogP contribution in [0.25, 0.3) is 6.08 Å². The molecule has 4 aliphatic carbocycles. The van der Waals surface area contributed by atoms with Gasteiger partial charge in [-0.2, -0.15) is 17.7 Å². The maximum atomic E-state index is 11.3. The molecule has 0 bridgehead atoms. The van der Waals surface area contributed by atoms with Gasteiger partial charge in [0.15, 0.2) is 0 Å². The molecule has 0 aromatic carbocycles. The van der Waals surface area contributed by atoms with E-state index in [4.69, 9.17) is 9.90 Å². The van der Waals surface area contributed by atoms with E-state index in [0.29, 0.717) is 24.0 Å². The lowest BCUT2D eigenvalue weighted by atomic mass is 9.45. The first-order valence-electron chi connectivity index (χ1n) is 12.3. The predicted octanol–water partition coefficient (Wildman–Crippen LogP) is 4.70. The van der Waals surface area contributed by atoms with Crippen LogP contribution in [0.2, 0.25) is 0 Å². The number of carbonyl (C=O) groups is 1. The highest BCUT2D eigenvalue weighted by atomic mass is 32.1. The molecule has 1 aromatic heterocycles. The van der Waals surface area contributed by atoms with Gasteiger partial charge in [-0.3, -0.25) is 5.10 Å². The maximum absolute atomic E-state index is 11.3. The quantitative estimate of drug-likeness (QED) is 0.286. The Hall–Kier alpha value is -1.15. The van der Waals surface area contributed by atoms with Gasteiger partial charge >= 0.3 is 0 Å². The number of aromatic nitrogens is 2. The van der Waals surface area contributed by atoms with Crippen LogP contribution < -0.4 is 0 Å². The Bertz CT molecular complexity index is 823. The maximum Gasteiger partial charge on any atom is 0.145 e. The van der Waals surface area contributed by atoms with Crippen molar-refractivity contribution in [2.24, 2.45) is 28.6 Å². The molecule has 5 rings (SSSR count). The molecule has 6 unspecified atom stereocenters. The number of aliphatic hydroxyl groups excluding tert-OH is 2. The van der Waals surface area contributed by atoms with Gasteiger partial charge < -0.3 is 20.1 Å². The second-order valence-corrected chi connectivity index (χ2v) is 10.3. The molecule has 196 valence electrons. The molecule has 4 N–H and O–H groups in total. The number of aromatic amines is 1. The zero-order valence-electron chi connectivity index (χ0n) is 21.1. The van der Waals surface area contributed by atoms with Crippen molar-refractivity contribution >= 4 is 25.0 Å². The summed E-state index contributed by atoms with van der Waals surface area (Å²) in [6, 6.07) is 0. The first-order chi connectivity index (χ1) is 15.7. The largest absolute Gasteiger partial charge is 0.393 e. The van der Waals surface area contributed by atoms with E-state index in [1.54, 1.807) is 6.26 Å². The van der Waals surface area contributed by atoms with E-state index < -0.39 is 5.60 Å². The van der Waals surface area contributed by atoms with Gasteiger partial charge in [0.25, 0.3) is 0 Å². The highest BCUT2D eigenvalue weighted by Crippen LogP contribution is 2.67. The summed E-state index contributed by atoms with van der Waals surface area (Å²) in [6.45, 7) is 10.2. The summed E-state index contributed by atoms with van der Waals surface area (Å²) in [6.07, 6.45) is 12.0. The van der Waals surface area contributed by atoms with Crippen LogP contribution in [0.3, 0.4) is 0 Å². The Morgan fingerprint density at radius 1 is 1.24 bits per heavy atom. The molecular formula is C27H48N2O4S. The Morgan fingerprint density at radius 3 is 2.44 bits per heavy atom. The summed E-state index contributed by atoms with van der Waals surface area (Å²) >= 11 is 3.53. The molecule has 0 radical (unpaired) electrons. The van der Waals surface area contributed by atoms with Crippen LogP contribution in [-0.2, 0) is 11.2 Å². The average molecular weight is 497 g/mol. The van der Waals surface area contributed by atoms with E-state index in [0.717, 1.165) is 44.2 Å². The van der Waals surface area contributed by atoms with E-state index >= 15 is 0 Å². The number of fused-ring (bicyclic) bond motifs is 6. The third-order valence-corrected chi connectivity index (χ3v) is 8.94. The number of aliphatic hydroxyl groups is 3. The fourth-order valence-corrected chi connectivity index (χ4v) is 7.32. The minimum absolute atomic E-state index is 0. The van der Waals surface area contributed by atoms with Gasteiger partial charge in [-0.15, -0.1) is 0 Å². The zero-order valence-corrected chi connectivity index (χ0v) is 22.0. The highest BCUT2D eigenvalue weighted by Gasteiger charge is 2.65. The van der Waals surface area contributed by atoms with Crippen molar-refractivity contribution in [3.63, 3.8) is 0 Å². The van der Waals surface area contributed by atoms with Crippen LogP contribution in [-0.4, -0.2) is 56.4 Å². The summed E-state index contributed by atoms with van der Waals surface area (Å²) in [4.78, 5) is 8.92. The molecule has 1 aromatic rings. The Kier molecular flexibility index (Phi) is 11.1. The number of H-pyrrole nitrogens is 1. The number of nitrogens with one attached hydrogen (secondary N) is 1. The monoisotopic (exact) mass is 496 g/mol. The number of thiol groups is 1. The zero-order chi connectivity index (χ0) is 25.0. The predicted molar refractivity (Wildman–Crippen MR) is 143 cm³/mol. The van der Waals surface area contributed by atoms with Crippen molar-refractivity contribution in [2.45, 2.75) is 92.3 Å². The van der Waals surface area contributed by atoms with E-state index in [2.05, 4.69) is 42.7 Å².